The minimum Gasteiger partial charge on any atom is -0.490 e. The number of hydrogen-bond donors (Lipinski definition) is 1. The zero-order chi connectivity index (χ0) is 22.0. The fraction of sp³-hybridized carbons (Fsp3) is 0.150. The van der Waals surface area contributed by atoms with E-state index in [1.54, 1.807) is 37.3 Å². The molecule has 0 saturated carbocycles. The SMILES string of the molecule is CCOc1cc(/C=C2/C(=N)N3C(SC)=NSC3=NC2=O)ccc1OC(=O)c1ccco1. The monoisotopic (exact) mass is 456 g/mol. The molecule has 1 N–H and O–H groups in total. The number of amidine groups is 3. The molecule has 2 aromatic rings. The molecule has 4 rings (SSSR count). The maximum absolute atomic E-state index is 12.5. The van der Waals surface area contributed by atoms with Crippen molar-refractivity contribution in [2.24, 2.45) is 9.39 Å². The molecule has 3 heterocycles. The van der Waals surface area contributed by atoms with E-state index in [0.717, 1.165) is 11.9 Å². The van der Waals surface area contributed by atoms with Crippen LogP contribution in [0.15, 0.2) is 56.0 Å². The normalized spacial score (nSPS) is 16.8. The molecule has 0 radical (unpaired) electrons. The van der Waals surface area contributed by atoms with Gasteiger partial charge in [-0.15, -0.1) is 0 Å². The Morgan fingerprint density at radius 3 is 2.90 bits per heavy atom. The summed E-state index contributed by atoms with van der Waals surface area (Å²) in [7, 11) is 0. The molecular weight excluding hydrogens is 440 g/mol. The summed E-state index contributed by atoms with van der Waals surface area (Å²) in [6.45, 7) is 2.14. The van der Waals surface area contributed by atoms with Crippen LogP contribution in [0.25, 0.3) is 6.08 Å². The molecule has 0 unspecified atom stereocenters. The lowest BCUT2D eigenvalue weighted by atomic mass is 10.1. The number of nitrogens with zero attached hydrogens (tertiary/aromatic N) is 3. The molecule has 2 aliphatic rings. The van der Waals surface area contributed by atoms with Gasteiger partial charge >= 0.3 is 5.97 Å². The maximum Gasteiger partial charge on any atom is 0.379 e. The Labute approximate surface area is 185 Å². The van der Waals surface area contributed by atoms with Crippen molar-refractivity contribution in [1.29, 1.82) is 5.41 Å². The number of carbonyl (C=O) groups excluding carboxylic acids is 2. The Morgan fingerprint density at radius 1 is 1.35 bits per heavy atom. The molecule has 158 valence electrons. The van der Waals surface area contributed by atoms with E-state index in [4.69, 9.17) is 19.3 Å². The van der Waals surface area contributed by atoms with Crippen molar-refractivity contribution in [2.75, 3.05) is 12.9 Å². The van der Waals surface area contributed by atoms with Crippen molar-refractivity contribution in [3.05, 3.63) is 53.5 Å². The third-order valence-electron chi connectivity index (χ3n) is 4.18. The Kier molecular flexibility index (Phi) is 5.96. The number of esters is 1. The highest BCUT2D eigenvalue weighted by molar-refractivity contribution is 8.18. The predicted molar refractivity (Wildman–Crippen MR) is 120 cm³/mol. The number of amides is 1. The molecule has 1 aromatic carbocycles. The number of fused-ring (bicyclic) bond motifs is 1. The third kappa shape index (κ3) is 4.14. The van der Waals surface area contributed by atoms with Crippen LogP contribution in [0.2, 0.25) is 0 Å². The zero-order valence-corrected chi connectivity index (χ0v) is 18.1. The summed E-state index contributed by atoms with van der Waals surface area (Å²) in [5, 5.41) is 9.43. The minimum absolute atomic E-state index is 0.000571. The Hall–Kier alpha value is -3.31. The molecule has 11 heteroatoms. The number of nitrogens with one attached hydrogen (secondary N) is 1. The van der Waals surface area contributed by atoms with Gasteiger partial charge in [0.05, 0.1) is 30.4 Å². The molecule has 9 nitrogen and oxygen atoms in total. The second-order valence-corrected chi connectivity index (χ2v) is 7.62. The van der Waals surface area contributed by atoms with Gasteiger partial charge in [-0.1, -0.05) is 17.8 Å². The summed E-state index contributed by atoms with van der Waals surface area (Å²) in [5.74, 6) is -0.578. The average molecular weight is 457 g/mol. The predicted octanol–water partition coefficient (Wildman–Crippen LogP) is 3.84. The molecule has 0 spiro atoms. The van der Waals surface area contributed by atoms with Crippen molar-refractivity contribution in [1.82, 2.24) is 4.90 Å². The van der Waals surface area contributed by atoms with Crippen LogP contribution in [-0.2, 0) is 4.79 Å². The van der Waals surface area contributed by atoms with E-state index in [-0.39, 0.29) is 22.9 Å². The van der Waals surface area contributed by atoms with Crippen LogP contribution in [0.3, 0.4) is 0 Å². The zero-order valence-electron chi connectivity index (χ0n) is 16.4. The van der Waals surface area contributed by atoms with Crippen molar-refractivity contribution in [3.8, 4) is 11.5 Å². The Balaban J connectivity index is 1.64. The minimum atomic E-state index is -0.654. The van der Waals surface area contributed by atoms with E-state index in [1.807, 2.05) is 6.26 Å². The molecular formula is C20H16N4O5S2. The van der Waals surface area contributed by atoms with Crippen molar-refractivity contribution >= 4 is 57.8 Å². The third-order valence-corrected chi connectivity index (χ3v) is 5.64. The van der Waals surface area contributed by atoms with Crippen LogP contribution in [0, 0.1) is 5.41 Å². The summed E-state index contributed by atoms with van der Waals surface area (Å²) in [6, 6.07) is 7.93. The van der Waals surface area contributed by atoms with E-state index < -0.39 is 11.9 Å². The van der Waals surface area contributed by atoms with Crippen LogP contribution in [0.4, 0.5) is 0 Å². The lowest BCUT2D eigenvalue weighted by Crippen LogP contribution is -2.41. The first-order valence-electron chi connectivity index (χ1n) is 9.07. The van der Waals surface area contributed by atoms with Gasteiger partial charge in [-0.2, -0.15) is 9.39 Å². The van der Waals surface area contributed by atoms with Gasteiger partial charge in [-0.25, -0.2) is 9.69 Å². The largest absolute Gasteiger partial charge is 0.490 e. The highest BCUT2D eigenvalue weighted by atomic mass is 32.2. The lowest BCUT2D eigenvalue weighted by Gasteiger charge is -2.23. The maximum atomic E-state index is 12.5. The van der Waals surface area contributed by atoms with E-state index >= 15 is 0 Å². The fourth-order valence-corrected chi connectivity index (χ4v) is 4.26. The number of ether oxygens (including phenoxy) is 2. The highest BCUT2D eigenvalue weighted by Gasteiger charge is 2.37. The summed E-state index contributed by atoms with van der Waals surface area (Å²) in [6.07, 6.45) is 4.77. The van der Waals surface area contributed by atoms with Gasteiger partial charge in [0, 0.05) is 0 Å². The van der Waals surface area contributed by atoms with Crippen molar-refractivity contribution in [2.45, 2.75) is 6.92 Å². The van der Waals surface area contributed by atoms with Crippen molar-refractivity contribution < 1.29 is 23.5 Å². The second kappa shape index (κ2) is 8.82. The molecule has 1 amide bonds. The fourth-order valence-electron chi connectivity index (χ4n) is 2.81. The first-order chi connectivity index (χ1) is 15.0. The number of rotatable bonds is 5. The number of benzene rings is 1. The summed E-state index contributed by atoms with van der Waals surface area (Å²) >= 11 is 2.43. The topological polar surface area (TPSA) is 118 Å². The standard InChI is InChI=1S/C20H16N4O5S2/c1-3-27-15-10-11(6-7-13(15)29-18(26)14-5-4-8-28-14)9-12-16(21)24-19(22-17(12)25)31-23-20(24)30-2/h4-10,21H,3H2,1-2H3/b12-9-,21-16?. The van der Waals surface area contributed by atoms with E-state index in [0.29, 0.717) is 28.3 Å². The van der Waals surface area contributed by atoms with Gasteiger partial charge in [0.15, 0.2) is 16.7 Å². The highest BCUT2D eigenvalue weighted by Crippen LogP contribution is 2.33. The number of thioether (sulfide) groups is 1. The van der Waals surface area contributed by atoms with Gasteiger partial charge in [0.2, 0.25) is 10.9 Å². The lowest BCUT2D eigenvalue weighted by molar-refractivity contribution is -0.114. The van der Waals surface area contributed by atoms with Crippen LogP contribution < -0.4 is 9.47 Å². The smallest absolute Gasteiger partial charge is 0.379 e. The van der Waals surface area contributed by atoms with Crippen molar-refractivity contribution in [3.63, 3.8) is 0 Å². The number of aliphatic imine (C=N–C) groups is 1. The number of hydrogen-bond acceptors (Lipinski definition) is 9. The number of furan rings is 1. The van der Waals surface area contributed by atoms with E-state index in [1.165, 1.54) is 29.0 Å². The van der Waals surface area contributed by atoms with Gasteiger partial charge in [-0.3, -0.25) is 10.2 Å². The molecule has 0 saturated heterocycles. The Morgan fingerprint density at radius 2 is 2.19 bits per heavy atom. The van der Waals surface area contributed by atoms with Crippen LogP contribution in [-0.4, -0.2) is 45.8 Å². The van der Waals surface area contributed by atoms with Crippen LogP contribution in [0.1, 0.15) is 23.0 Å². The average Bonchev–Trinajstić information content (AvgIpc) is 3.43. The first kappa shape index (κ1) is 20.9. The summed E-state index contributed by atoms with van der Waals surface area (Å²) in [4.78, 5) is 30.3. The molecule has 0 atom stereocenters. The molecule has 31 heavy (non-hydrogen) atoms. The van der Waals surface area contributed by atoms with E-state index in [9.17, 15) is 9.59 Å². The number of carbonyl (C=O) groups is 2. The van der Waals surface area contributed by atoms with E-state index in [2.05, 4.69) is 9.39 Å². The molecule has 1 aromatic heterocycles. The molecule has 0 fully saturated rings. The summed E-state index contributed by atoms with van der Waals surface area (Å²) < 4.78 is 20.2. The quantitative estimate of drug-likeness (QED) is 0.312. The van der Waals surface area contributed by atoms with Gasteiger partial charge in [0.1, 0.15) is 5.84 Å². The second-order valence-electron chi connectivity index (χ2n) is 6.12. The van der Waals surface area contributed by atoms with Gasteiger partial charge in [0.25, 0.3) is 5.91 Å². The van der Waals surface area contributed by atoms with Crippen LogP contribution in [0.5, 0.6) is 11.5 Å². The van der Waals surface area contributed by atoms with Gasteiger partial charge < -0.3 is 13.9 Å². The summed E-state index contributed by atoms with van der Waals surface area (Å²) in [5.41, 5.74) is 0.707. The molecule has 2 aliphatic heterocycles. The first-order valence-corrected chi connectivity index (χ1v) is 11.1. The Bertz CT molecular complexity index is 1150. The van der Waals surface area contributed by atoms with Gasteiger partial charge in [-0.05, 0) is 49.1 Å². The molecule has 0 aliphatic carbocycles. The van der Waals surface area contributed by atoms with Crippen LogP contribution >= 0.6 is 23.7 Å². The molecule has 0 bridgehead atoms.